The first-order valence-corrected chi connectivity index (χ1v) is 5.05. The van der Waals surface area contributed by atoms with Gasteiger partial charge in [0.1, 0.15) is 0 Å². The molecule has 5 nitrogen and oxygen atoms in total. The van der Waals surface area contributed by atoms with Gasteiger partial charge in [-0.05, 0) is 26.0 Å². The smallest absolute Gasteiger partial charge is 0.335 e. The fourth-order valence-corrected chi connectivity index (χ4v) is 1.61. The van der Waals surface area contributed by atoms with Gasteiger partial charge in [0.05, 0.1) is 23.0 Å². The van der Waals surface area contributed by atoms with Gasteiger partial charge in [-0.2, -0.15) is 5.10 Å². The van der Waals surface area contributed by atoms with Crippen molar-refractivity contribution in [2.45, 2.75) is 19.9 Å². The number of aromatic carboxylic acids is 1. The standard InChI is InChI=1S/C11H13N3O2/c1-6(2)13-9-4-7(11(15)16)3-8-5-12-14-10(8)9/h3-6,13H,1-2H3,(H,12,14)(H,15,16). The van der Waals surface area contributed by atoms with Gasteiger partial charge in [0.2, 0.25) is 0 Å². The summed E-state index contributed by atoms with van der Waals surface area (Å²) in [6, 6.07) is 3.45. The van der Waals surface area contributed by atoms with Crippen molar-refractivity contribution in [1.82, 2.24) is 10.2 Å². The molecule has 0 fully saturated rings. The average Bonchev–Trinajstić information content (AvgIpc) is 2.64. The van der Waals surface area contributed by atoms with Crippen LogP contribution in [0.5, 0.6) is 0 Å². The van der Waals surface area contributed by atoms with Crippen LogP contribution >= 0.6 is 0 Å². The molecule has 0 saturated carbocycles. The number of carboxylic acid groups (broad SMARTS) is 1. The molecule has 3 N–H and O–H groups in total. The van der Waals surface area contributed by atoms with Crippen LogP contribution in [0.1, 0.15) is 24.2 Å². The molecule has 16 heavy (non-hydrogen) atoms. The minimum absolute atomic E-state index is 0.232. The highest BCUT2D eigenvalue weighted by Crippen LogP contribution is 2.24. The fraction of sp³-hybridized carbons (Fsp3) is 0.273. The molecule has 0 saturated heterocycles. The maximum Gasteiger partial charge on any atom is 0.335 e. The Bertz CT molecular complexity index is 531. The van der Waals surface area contributed by atoms with E-state index in [2.05, 4.69) is 15.5 Å². The van der Waals surface area contributed by atoms with E-state index in [0.29, 0.717) is 0 Å². The summed E-state index contributed by atoms with van der Waals surface area (Å²) in [6.07, 6.45) is 1.62. The first kappa shape index (κ1) is 10.5. The topological polar surface area (TPSA) is 78.0 Å². The molecule has 84 valence electrons. The van der Waals surface area contributed by atoms with Crippen molar-refractivity contribution in [3.63, 3.8) is 0 Å². The third-order valence-electron chi connectivity index (χ3n) is 2.24. The Hall–Kier alpha value is -2.04. The second-order valence-electron chi connectivity index (χ2n) is 3.96. The summed E-state index contributed by atoms with van der Waals surface area (Å²) in [5.74, 6) is -0.935. The van der Waals surface area contributed by atoms with Crippen LogP contribution in [0.15, 0.2) is 18.3 Å². The van der Waals surface area contributed by atoms with Crippen LogP contribution in [-0.2, 0) is 0 Å². The SMILES string of the molecule is CC(C)Nc1cc(C(=O)O)cc2cn[nH]c12. The molecule has 0 radical (unpaired) electrons. The lowest BCUT2D eigenvalue weighted by atomic mass is 10.1. The van der Waals surface area contributed by atoms with Gasteiger partial charge < -0.3 is 10.4 Å². The summed E-state index contributed by atoms with van der Waals surface area (Å²) in [4.78, 5) is 10.9. The molecule has 0 aliphatic rings. The molecule has 1 heterocycles. The molecule has 0 spiro atoms. The lowest BCUT2D eigenvalue weighted by Gasteiger charge is -2.11. The first-order valence-electron chi connectivity index (χ1n) is 5.05. The largest absolute Gasteiger partial charge is 0.478 e. The number of nitrogens with one attached hydrogen (secondary N) is 2. The highest BCUT2D eigenvalue weighted by molar-refractivity contribution is 5.99. The molecule has 5 heteroatoms. The number of anilines is 1. The van der Waals surface area contributed by atoms with E-state index in [9.17, 15) is 4.79 Å². The summed E-state index contributed by atoms with van der Waals surface area (Å²) in [5, 5.41) is 19.7. The first-order chi connectivity index (χ1) is 7.58. The van der Waals surface area contributed by atoms with Crippen molar-refractivity contribution in [1.29, 1.82) is 0 Å². The van der Waals surface area contributed by atoms with E-state index in [1.165, 1.54) is 0 Å². The zero-order valence-electron chi connectivity index (χ0n) is 9.11. The van der Waals surface area contributed by atoms with Crippen LogP contribution in [0.2, 0.25) is 0 Å². The predicted octanol–water partition coefficient (Wildman–Crippen LogP) is 2.08. The van der Waals surface area contributed by atoms with Gasteiger partial charge in [-0.3, -0.25) is 5.10 Å². The van der Waals surface area contributed by atoms with E-state index in [-0.39, 0.29) is 11.6 Å². The van der Waals surface area contributed by atoms with Crippen molar-refractivity contribution in [3.05, 3.63) is 23.9 Å². The molecule has 0 unspecified atom stereocenters. The number of aromatic nitrogens is 2. The van der Waals surface area contributed by atoms with Crippen molar-refractivity contribution in [3.8, 4) is 0 Å². The van der Waals surface area contributed by atoms with Crippen LogP contribution in [0.4, 0.5) is 5.69 Å². The van der Waals surface area contributed by atoms with Crippen LogP contribution in [0.25, 0.3) is 10.9 Å². The molecule has 2 rings (SSSR count). The molecule has 0 atom stereocenters. The Balaban J connectivity index is 2.59. The zero-order valence-corrected chi connectivity index (χ0v) is 9.11. The van der Waals surface area contributed by atoms with Gasteiger partial charge in [0.15, 0.2) is 0 Å². The van der Waals surface area contributed by atoms with Gasteiger partial charge in [-0.15, -0.1) is 0 Å². The maximum atomic E-state index is 10.9. The zero-order chi connectivity index (χ0) is 11.7. The summed E-state index contributed by atoms with van der Waals surface area (Å²) in [5.41, 5.74) is 1.86. The van der Waals surface area contributed by atoms with Crippen LogP contribution in [0, 0.1) is 0 Å². The monoisotopic (exact) mass is 219 g/mol. The van der Waals surface area contributed by atoms with Crippen molar-refractivity contribution < 1.29 is 9.90 Å². The number of rotatable bonds is 3. The summed E-state index contributed by atoms with van der Waals surface area (Å²) >= 11 is 0. The average molecular weight is 219 g/mol. The Morgan fingerprint density at radius 2 is 2.25 bits per heavy atom. The Morgan fingerprint density at radius 3 is 2.88 bits per heavy atom. The third kappa shape index (κ3) is 1.84. The number of hydrogen-bond acceptors (Lipinski definition) is 3. The number of fused-ring (bicyclic) bond motifs is 1. The van der Waals surface area contributed by atoms with E-state index in [1.54, 1.807) is 18.3 Å². The van der Waals surface area contributed by atoms with Crippen molar-refractivity contribution >= 4 is 22.6 Å². The lowest BCUT2D eigenvalue weighted by molar-refractivity contribution is 0.0697. The minimum Gasteiger partial charge on any atom is -0.478 e. The molecule has 1 aromatic heterocycles. The lowest BCUT2D eigenvalue weighted by Crippen LogP contribution is -2.11. The number of benzene rings is 1. The maximum absolute atomic E-state index is 10.9. The number of nitrogens with zero attached hydrogens (tertiary/aromatic N) is 1. The van der Waals surface area contributed by atoms with Crippen molar-refractivity contribution in [2.75, 3.05) is 5.32 Å². The number of carboxylic acids is 1. The van der Waals surface area contributed by atoms with E-state index in [0.717, 1.165) is 16.6 Å². The van der Waals surface area contributed by atoms with E-state index in [4.69, 9.17) is 5.11 Å². The Morgan fingerprint density at radius 1 is 1.50 bits per heavy atom. The molecular weight excluding hydrogens is 206 g/mol. The van der Waals surface area contributed by atoms with Gasteiger partial charge >= 0.3 is 5.97 Å². The van der Waals surface area contributed by atoms with Crippen LogP contribution < -0.4 is 5.32 Å². The molecule has 0 aliphatic heterocycles. The van der Waals surface area contributed by atoms with Gasteiger partial charge in [-0.25, -0.2) is 4.79 Å². The summed E-state index contributed by atoms with van der Waals surface area (Å²) in [6.45, 7) is 3.99. The molecule has 2 aromatic rings. The second-order valence-corrected chi connectivity index (χ2v) is 3.96. The van der Waals surface area contributed by atoms with Gasteiger partial charge in [0.25, 0.3) is 0 Å². The fourth-order valence-electron chi connectivity index (χ4n) is 1.61. The number of hydrogen-bond donors (Lipinski definition) is 3. The van der Waals surface area contributed by atoms with E-state index < -0.39 is 5.97 Å². The third-order valence-corrected chi connectivity index (χ3v) is 2.24. The molecule has 0 bridgehead atoms. The van der Waals surface area contributed by atoms with Crippen LogP contribution in [-0.4, -0.2) is 27.3 Å². The number of aromatic amines is 1. The number of carbonyl (C=O) groups is 1. The quantitative estimate of drug-likeness (QED) is 0.738. The number of H-pyrrole nitrogens is 1. The van der Waals surface area contributed by atoms with E-state index in [1.807, 2.05) is 13.8 Å². The van der Waals surface area contributed by atoms with Crippen LogP contribution in [0.3, 0.4) is 0 Å². The second kappa shape index (κ2) is 3.84. The molecule has 1 aromatic carbocycles. The highest BCUT2D eigenvalue weighted by atomic mass is 16.4. The Labute approximate surface area is 92.5 Å². The van der Waals surface area contributed by atoms with Gasteiger partial charge in [0, 0.05) is 11.4 Å². The molecule has 0 amide bonds. The summed E-state index contributed by atoms with van der Waals surface area (Å²) in [7, 11) is 0. The Kier molecular flexibility index (Phi) is 2.52. The normalized spacial score (nSPS) is 10.9. The molecular formula is C11H13N3O2. The van der Waals surface area contributed by atoms with E-state index >= 15 is 0 Å². The highest BCUT2D eigenvalue weighted by Gasteiger charge is 2.10. The molecule has 0 aliphatic carbocycles. The minimum atomic E-state index is -0.935. The van der Waals surface area contributed by atoms with Gasteiger partial charge in [-0.1, -0.05) is 0 Å². The van der Waals surface area contributed by atoms with Crippen molar-refractivity contribution in [2.24, 2.45) is 0 Å². The predicted molar refractivity (Wildman–Crippen MR) is 61.8 cm³/mol. The summed E-state index contributed by atoms with van der Waals surface area (Å²) < 4.78 is 0.